The van der Waals surface area contributed by atoms with Crippen LogP contribution in [0.2, 0.25) is 0 Å². The molecule has 1 aromatic heterocycles. The van der Waals surface area contributed by atoms with Gasteiger partial charge in [-0.1, -0.05) is 6.58 Å². The number of hydrogen-bond acceptors (Lipinski definition) is 2. The lowest BCUT2D eigenvalue weighted by Gasteiger charge is -2.38. The Morgan fingerprint density at radius 2 is 2.25 bits per heavy atom. The van der Waals surface area contributed by atoms with Gasteiger partial charge in [0.1, 0.15) is 0 Å². The Labute approximate surface area is 93.6 Å². The van der Waals surface area contributed by atoms with Gasteiger partial charge in [-0.3, -0.25) is 9.88 Å². The lowest BCUT2D eigenvalue weighted by Crippen LogP contribution is -2.55. The molecule has 0 saturated carbocycles. The SMILES string of the molecule is C=Cc1cc(C)c(CN2CC(F)(F)C2)cn1. The fourth-order valence-corrected chi connectivity index (χ4v) is 1.84. The van der Waals surface area contributed by atoms with Crippen LogP contribution in [-0.4, -0.2) is 28.9 Å². The molecule has 1 fully saturated rings. The molecule has 2 rings (SSSR count). The molecule has 2 heterocycles. The van der Waals surface area contributed by atoms with E-state index in [1.165, 1.54) is 0 Å². The predicted molar refractivity (Wildman–Crippen MR) is 59.3 cm³/mol. The lowest BCUT2D eigenvalue weighted by atomic mass is 10.1. The first kappa shape index (κ1) is 11.2. The van der Waals surface area contributed by atoms with Gasteiger partial charge in [0.2, 0.25) is 0 Å². The fraction of sp³-hybridized carbons (Fsp3) is 0.417. The second-order valence-electron chi connectivity index (χ2n) is 4.24. The average Bonchev–Trinajstić information content (AvgIpc) is 2.18. The van der Waals surface area contributed by atoms with Crippen LogP contribution in [0.15, 0.2) is 18.8 Å². The van der Waals surface area contributed by atoms with Crippen molar-refractivity contribution in [2.24, 2.45) is 0 Å². The third kappa shape index (κ3) is 2.27. The number of hydrogen-bond donors (Lipinski definition) is 0. The van der Waals surface area contributed by atoms with E-state index in [1.807, 2.05) is 13.0 Å². The van der Waals surface area contributed by atoms with E-state index in [2.05, 4.69) is 11.6 Å². The summed E-state index contributed by atoms with van der Waals surface area (Å²) < 4.78 is 25.3. The molecule has 16 heavy (non-hydrogen) atoms. The van der Waals surface area contributed by atoms with Crippen molar-refractivity contribution in [1.29, 1.82) is 0 Å². The molecule has 1 aliphatic heterocycles. The van der Waals surface area contributed by atoms with E-state index >= 15 is 0 Å². The number of rotatable bonds is 3. The van der Waals surface area contributed by atoms with Crippen LogP contribution < -0.4 is 0 Å². The molecule has 0 radical (unpaired) electrons. The summed E-state index contributed by atoms with van der Waals surface area (Å²) in [6.45, 7) is 5.86. The summed E-state index contributed by atoms with van der Waals surface area (Å²) in [4.78, 5) is 5.89. The van der Waals surface area contributed by atoms with E-state index in [-0.39, 0.29) is 13.1 Å². The minimum absolute atomic E-state index is 0.143. The highest BCUT2D eigenvalue weighted by Crippen LogP contribution is 2.28. The molecule has 1 aliphatic rings. The summed E-state index contributed by atoms with van der Waals surface area (Å²) in [7, 11) is 0. The molecule has 2 nitrogen and oxygen atoms in total. The molecule has 0 bridgehead atoms. The van der Waals surface area contributed by atoms with Gasteiger partial charge in [-0.2, -0.15) is 0 Å². The Morgan fingerprint density at radius 3 is 2.75 bits per heavy atom. The first-order chi connectivity index (χ1) is 7.50. The number of alkyl halides is 2. The predicted octanol–water partition coefficient (Wildman–Crippen LogP) is 2.48. The van der Waals surface area contributed by atoms with Gasteiger partial charge in [-0.25, -0.2) is 8.78 Å². The molecule has 86 valence electrons. The molecule has 0 amide bonds. The number of halogens is 2. The van der Waals surface area contributed by atoms with Gasteiger partial charge in [0.05, 0.1) is 18.8 Å². The minimum atomic E-state index is -2.50. The first-order valence-corrected chi connectivity index (χ1v) is 5.18. The smallest absolute Gasteiger partial charge is 0.272 e. The summed E-state index contributed by atoms with van der Waals surface area (Å²) in [6.07, 6.45) is 3.41. The number of aromatic nitrogens is 1. The summed E-state index contributed by atoms with van der Waals surface area (Å²) in [5.41, 5.74) is 2.89. The van der Waals surface area contributed by atoms with Crippen molar-refractivity contribution in [3.63, 3.8) is 0 Å². The van der Waals surface area contributed by atoms with E-state index in [0.717, 1.165) is 16.8 Å². The lowest BCUT2D eigenvalue weighted by molar-refractivity contribution is -0.133. The Hall–Kier alpha value is -1.29. The molecule has 1 saturated heterocycles. The molecule has 0 N–H and O–H groups in total. The van der Waals surface area contributed by atoms with E-state index in [1.54, 1.807) is 17.2 Å². The van der Waals surface area contributed by atoms with Crippen molar-refractivity contribution in [3.8, 4) is 0 Å². The van der Waals surface area contributed by atoms with Crippen molar-refractivity contribution >= 4 is 6.08 Å². The second-order valence-corrected chi connectivity index (χ2v) is 4.24. The molecular weight excluding hydrogens is 210 g/mol. The molecule has 0 aliphatic carbocycles. The largest absolute Gasteiger partial charge is 0.287 e. The topological polar surface area (TPSA) is 16.1 Å². The first-order valence-electron chi connectivity index (χ1n) is 5.18. The van der Waals surface area contributed by atoms with Crippen LogP contribution >= 0.6 is 0 Å². The molecule has 0 unspecified atom stereocenters. The third-order valence-electron chi connectivity index (χ3n) is 2.75. The van der Waals surface area contributed by atoms with Crippen LogP contribution in [0.3, 0.4) is 0 Å². The van der Waals surface area contributed by atoms with Crippen LogP contribution in [0.25, 0.3) is 6.08 Å². The Bertz CT molecular complexity index is 407. The quantitative estimate of drug-likeness (QED) is 0.784. The van der Waals surface area contributed by atoms with Crippen LogP contribution in [0.5, 0.6) is 0 Å². The van der Waals surface area contributed by atoms with Crippen molar-refractivity contribution in [1.82, 2.24) is 9.88 Å². The van der Waals surface area contributed by atoms with E-state index < -0.39 is 5.92 Å². The highest BCUT2D eigenvalue weighted by Gasteiger charge is 2.43. The van der Waals surface area contributed by atoms with Gasteiger partial charge < -0.3 is 0 Å². The van der Waals surface area contributed by atoms with Gasteiger partial charge >= 0.3 is 0 Å². The van der Waals surface area contributed by atoms with Crippen molar-refractivity contribution in [3.05, 3.63) is 35.7 Å². The van der Waals surface area contributed by atoms with Crippen LogP contribution in [0, 0.1) is 6.92 Å². The minimum Gasteiger partial charge on any atom is -0.287 e. The summed E-state index contributed by atoms with van der Waals surface area (Å²) in [5.74, 6) is -2.50. The Balaban J connectivity index is 2.03. The highest BCUT2D eigenvalue weighted by atomic mass is 19.3. The average molecular weight is 224 g/mol. The van der Waals surface area contributed by atoms with Crippen LogP contribution in [-0.2, 0) is 6.54 Å². The molecule has 1 aromatic rings. The second kappa shape index (κ2) is 3.94. The van der Waals surface area contributed by atoms with Crippen molar-refractivity contribution in [2.75, 3.05) is 13.1 Å². The standard InChI is InChI=1S/C12H14F2N2/c1-3-11-4-9(2)10(5-15-11)6-16-7-12(13,14)8-16/h3-5H,1,6-8H2,2H3. The monoisotopic (exact) mass is 224 g/mol. The van der Waals surface area contributed by atoms with Crippen molar-refractivity contribution in [2.45, 2.75) is 19.4 Å². The molecule has 4 heteroatoms. The molecule has 0 atom stereocenters. The Morgan fingerprint density at radius 1 is 1.56 bits per heavy atom. The zero-order valence-corrected chi connectivity index (χ0v) is 9.21. The van der Waals surface area contributed by atoms with Gasteiger partial charge in [-0.05, 0) is 30.2 Å². The molecule has 0 aromatic carbocycles. The van der Waals surface area contributed by atoms with Gasteiger partial charge in [0, 0.05) is 12.7 Å². The van der Waals surface area contributed by atoms with Gasteiger partial charge in [0.25, 0.3) is 5.92 Å². The number of pyridine rings is 1. The fourth-order valence-electron chi connectivity index (χ4n) is 1.84. The molecule has 0 spiro atoms. The Kier molecular flexibility index (Phi) is 2.76. The van der Waals surface area contributed by atoms with Crippen LogP contribution in [0.1, 0.15) is 16.8 Å². The maximum atomic E-state index is 12.6. The van der Waals surface area contributed by atoms with E-state index in [9.17, 15) is 8.78 Å². The normalized spacial score (nSPS) is 19.2. The highest BCUT2D eigenvalue weighted by molar-refractivity contribution is 5.44. The van der Waals surface area contributed by atoms with Crippen molar-refractivity contribution < 1.29 is 8.78 Å². The maximum absolute atomic E-state index is 12.6. The zero-order valence-electron chi connectivity index (χ0n) is 9.21. The maximum Gasteiger partial charge on any atom is 0.272 e. The molecular formula is C12H14F2N2. The zero-order chi connectivity index (χ0) is 11.8. The van der Waals surface area contributed by atoms with Crippen LogP contribution in [0.4, 0.5) is 8.78 Å². The van der Waals surface area contributed by atoms with Gasteiger partial charge in [0.15, 0.2) is 0 Å². The van der Waals surface area contributed by atoms with E-state index in [4.69, 9.17) is 0 Å². The number of likely N-dealkylation sites (tertiary alicyclic amines) is 1. The van der Waals surface area contributed by atoms with E-state index in [0.29, 0.717) is 6.54 Å². The summed E-state index contributed by atoms with van der Waals surface area (Å²) in [6, 6.07) is 1.92. The number of aryl methyl sites for hydroxylation is 1. The van der Waals surface area contributed by atoms with Gasteiger partial charge in [-0.15, -0.1) is 0 Å². The number of nitrogens with zero attached hydrogens (tertiary/aromatic N) is 2. The summed E-state index contributed by atoms with van der Waals surface area (Å²) in [5, 5.41) is 0. The third-order valence-corrected chi connectivity index (χ3v) is 2.75. The summed E-state index contributed by atoms with van der Waals surface area (Å²) >= 11 is 0.